The van der Waals surface area contributed by atoms with Gasteiger partial charge in [0.25, 0.3) is 10.1 Å². The summed E-state index contributed by atoms with van der Waals surface area (Å²) >= 11 is 0. The monoisotopic (exact) mass is 288 g/mol. The van der Waals surface area contributed by atoms with E-state index in [9.17, 15) is 13.2 Å². The quantitative estimate of drug-likeness (QED) is 0.574. The molecule has 6 nitrogen and oxygen atoms in total. The van der Waals surface area contributed by atoms with Gasteiger partial charge in [-0.25, -0.2) is 4.79 Å². The first-order valence-corrected chi connectivity index (χ1v) is 7.28. The van der Waals surface area contributed by atoms with Crippen molar-refractivity contribution in [1.29, 1.82) is 0 Å². The van der Waals surface area contributed by atoms with Crippen LogP contribution in [0.1, 0.15) is 15.9 Å². The second-order valence-electron chi connectivity index (χ2n) is 3.80. The Kier molecular flexibility index (Phi) is 5.31. The average Bonchev–Trinajstić information content (AvgIpc) is 2.36. The molecule has 0 unspecified atom stereocenters. The van der Waals surface area contributed by atoms with Crippen molar-refractivity contribution in [2.75, 3.05) is 27.1 Å². The van der Waals surface area contributed by atoms with Crippen LogP contribution in [0.3, 0.4) is 0 Å². The van der Waals surface area contributed by atoms with E-state index in [-0.39, 0.29) is 6.61 Å². The summed E-state index contributed by atoms with van der Waals surface area (Å²) in [6.45, 7) is 0.0412. The number of carbonyl (C=O) groups is 1. The molecular weight excluding hydrogens is 272 g/mol. The predicted molar refractivity (Wildman–Crippen MR) is 68.8 cm³/mol. The molecule has 0 amide bonds. The molecule has 0 fully saturated rings. The Bertz CT molecular complexity index is 549. The van der Waals surface area contributed by atoms with Crippen molar-refractivity contribution < 1.29 is 26.9 Å². The molecule has 0 spiro atoms. The summed E-state index contributed by atoms with van der Waals surface area (Å²) in [7, 11) is -0.711. The number of benzene rings is 1. The van der Waals surface area contributed by atoms with Crippen LogP contribution < -0.4 is 4.74 Å². The highest BCUT2D eigenvalue weighted by Crippen LogP contribution is 2.21. The van der Waals surface area contributed by atoms with Gasteiger partial charge in [-0.15, -0.1) is 0 Å². The Morgan fingerprint density at radius 3 is 2.47 bits per heavy atom. The van der Waals surface area contributed by atoms with Gasteiger partial charge in [0.05, 0.1) is 27.1 Å². The van der Waals surface area contributed by atoms with E-state index in [2.05, 4.69) is 8.92 Å². The summed E-state index contributed by atoms with van der Waals surface area (Å²) in [5.41, 5.74) is 1.12. The van der Waals surface area contributed by atoms with E-state index in [4.69, 9.17) is 4.74 Å². The Morgan fingerprint density at radius 2 is 1.95 bits per heavy atom. The molecule has 0 aliphatic heterocycles. The number of hydrogen-bond acceptors (Lipinski definition) is 6. The summed E-state index contributed by atoms with van der Waals surface area (Å²) in [6, 6.07) is 4.92. The Morgan fingerprint density at radius 1 is 1.26 bits per heavy atom. The zero-order valence-corrected chi connectivity index (χ0v) is 11.8. The van der Waals surface area contributed by atoms with Crippen molar-refractivity contribution in [3.63, 3.8) is 0 Å². The summed E-state index contributed by atoms with van der Waals surface area (Å²) < 4.78 is 36.0. The van der Waals surface area contributed by atoms with Gasteiger partial charge in [-0.1, -0.05) is 6.07 Å². The van der Waals surface area contributed by atoms with E-state index in [1.54, 1.807) is 18.2 Å². The summed E-state index contributed by atoms with van der Waals surface area (Å²) in [5.74, 6) is -0.112. The highest BCUT2D eigenvalue weighted by atomic mass is 32.2. The van der Waals surface area contributed by atoms with Gasteiger partial charge < -0.3 is 9.47 Å². The maximum atomic E-state index is 11.4. The molecule has 0 radical (unpaired) electrons. The third-order valence-electron chi connectivity index (χ3n) is 2.36. The molecule has 0 heterocycles. The van der Waals surface area contributed by atoms with Gasteiger partial charge >= 0.3 is 5.97 Å². The molecule has 0 saturated carbocycles. The van der Waals surface area contributed by atoms with Crippen LogP contribution in [-0.4, -0.2) is 41.5 Å². The minimum atomic E-state index is -3.44. The smallest absolute Gasteiger partial charge is 0.341 e. The Hall–Kier alpha value is -1.60. The van der Waals surface area contributed by atoms with Gasteiger partial charge in [0.1, 0.15) is 11.3 Å². The summed E-state index contributed by atoms with van der Waals surface area (Å²) in [6.07, 6.45) is 1.39. The first kappa shape index (κ1) is 15.5. The zero-order valence-electron chi connectivity index (χ0n) is 11.0. The maximum Gasteiger partial charge on any atom is 0.341 e. The minimum Gasteiger partial charge on any atom is -0.496 e. The van der Waals surface area contributed by atoms with Crippen molar-refractivity contribution in [2.24, 2.45) is 0 Å². The molecule has 0 aliphatic rings. The average molecular weight is 288 g/mol. The Balaban J connectivity index is 2.80. The molecule has 0 N–H and O–H groups in total. The number of carbonyl (C=O) groups excluding carboxylic acids is 1. The molecule has 0 saturated heterocycles. The van der Waals surface area contributed by atoms with Gasteiger partial charge in [-0.05, 0) is 24.1 Å². The van der Waals surface area contributed by atoms with Crippen LogP contribution in [0.25, 0.3) is 0 Å². The van der Waals surface area contributed by atoms with E-state index in [0.29, 0.717) is 17.7 Å². The fourth-order valence-corrected chi connectivity index (χ4v) is 1.87. The van der Waals surface area contributed by atoms with Crippen LogP contribution in [0.2, 0.25) is 0 Å². The number of hydrogen-bond donors (Lipinski definition) is 0. The summed E-state index contributed by atoms with van der Waals surface area (Å²) in [4.78, 5) is 11.4. The van der Waals surface area contributed by atoms with Crippen LogP contribution in [0.5, 0.6) is 5.75 Å². The van der Waals surface area contributed by atoms with Crippen molar-refractivity contribution in [3.05, 3.63) is 29.3 Å². The fraction of sp³-hybridized carbons (Fsp3) is 0.417. The molecule has 0 aromatic heterocycles. The molecule has 1 aromatic rings. The first-order valence-electron chi connectivity index (χ1n) is 5.47. The fourth-order valence-electron chi connectivity index (χ4n) is 1.48. The van der Waals surface area contributed by atoms with Gasteiger partial charge in [0.15, 0.2) is 0 Å². The molecule has 0 bridgehead atoms. The SMILES string of the molecule is COC(=O)c1ccc(CCOS(C)(=O)=O)cc1OC. The first-order chi connectivity index (χ1) is 8.87. The molecule has 1 aromatic carbocycles. The standard InChI is InChI=1S/C12H16O6S/c1-16-11-8-9(6-7-18-19(3,14)15)4-5-10(11)12(13)17-2/h4-5,8H,6-7H2,1-3H3. The second kappa shape index (κ2) is 6.53. The molecule has 19 heavy (non-hydrogen) atoms. The van der Waals surface area contributed by atoms with E-state index < -0.39 is 16.1 Å². The zero-order chi connectivity index (χ0) is 14.5. The van der Waals surface area contributed by atoms with Crippen molar-refractivity contribution in [1.82, 2.24) is 0 Å². The largest absolute Gasteiger partial charge is 0.496 e. The highest BCUT2D eigenvalue weighted by molar-refractivity contribution is 7.85. The second-order valence-corrected chi connectivity index (χ2v) is 5.45. The van der Waals surface area contributed by atoms with E-state index in [1.807, 2.05) is 0 Å². The van der Waals surface area contributed by atoms with Gasteiger partial charge in [-0.3, -0.25) is 4.18 Å². The van der Waals surface area contributed by atoms with Crippen LogP contribution in [0.4, 0.5) is 0 Å². The number of esters is 1. The van der Waals surface area contributed by atoms with Crippen molar-refractivity contribution in [2.45, 2.75) is 6.42 Å². The van der Waals surface area contributed by atoms with Crippen LogP contribution in [0, 0.1) is 0 Å². The van der Waals surface area contributed by atoms with E-state index in [1.165, 1.54) is 14.2 Å². The van der Waals surface area contributed by atoms with E-state index >= 15 is 0 Å². The van der Waals surface area contributed by atoms with Crippen LogP contribution >= 0.6 is 0 Å². The summed E-state index contributed by atoms with van der Waals surface area (Å²) in [5, 5.41) is 0. The lowest BCUT2D eigenvalue weighted by Crippen LogP contribution is -2.07. The van der Waals surface area contributed by atoms with Gasteiger partial charge in [-0.2, -0.15) is 8.42 Å². The number of methoxy groups -OCH3 is 2. The lowest BCUT2D eigenvalue weighted by atomic mass is 10.1. The molecular formula is C12H16O6S. The van der Waals surface area contributed by atoms with Crippen molar-refractivity contribution in [3.8, 4) is 5.75 Å². The molecule has 0 aliphatic carbocycles. The van der Waals surface area contributed by atoms with Gasteiger partial charge in [0, 0.05) is 0 Å². The predicted octanol–water partition coefficient (Wildman–Crippen LogP) is 1.00. The lowest BCUT2D eigenvalue weighted by Gasteiger charge is -2.09. The van der Waals surface area contributed by atoms with E-state index in [0.717, 1.165) is 11.8 Å². The lowest BCUT2D eigenvalue weighted by molar-refractivity contribution is 0.0597. The number of ether oxygens (including phenoxy) is 2. The van der Waals surface area contributed by atoms with Crippen molar-refractivity contribution >= 4 is 16.1 Å². The molecule has 1 rings (SSSR count). The molecule has 106 valence electrons. The third kappa shape index (κ3) is 4.88. The molecule has 7 heteroatoms. The van der Waals surface area contributed by atoms with Crippen LogP contribution in [-0.2, 0) is 25.5 Å². The Labute approximate surface area is 112 Å². The normalized spacial score (nSPS) is 11.1. The molecule has 0 atom stereocenters. The maximum absolute atomic E-state index is 11.4. The highest BCUT2D eigenvalue weighted by Gasteiger charge is 2.13. The van der Waals surface area contributed by atoms with Gasteiger partial charge in [0.2, 0.25) is 0 Å². The number of rotatable bonds is 6. The minimum absolute atomic E-state index is 0.0412. The van der Waals surface area contributed by atoms with Crippen LogP contribution in [0.15, 0.2) is 18.2 Å². The third-order valence-corrected chi connectivity index (χ3v) is 2.95. The topological polar surface area (TPSA) is 78.9 Å².